The van der Waals surface area contributed by atoms with Gasteiger partial charge in [0.1, 0.15) is 11.3 Å². The standard InChI is InChI=1S/C29H27BrN6O2S/c1-38-25-9-5-4-8-24(25)34-14-16-35(17-15-34)26(37)19-39-29-31-28-27(32-33-29)22-6-2-3-7-23(22)36(28)18-20-10-12-21(30)13-11-20/h2-13H,14-19H2,1H3. The monoisotopic (exact) mass is 602 g/mol. The van der Waals surface area contributed by atoms with Gasteiger partial charge in [-0.05, 0) is 35.9 Å². The highest BCUT2D eigenvalue weighted by Crippen LogP contribution is 2.30. The van der Waals surface area contributed by atoms with Crippen molar-refractivity contribution in [3.05, 3.63) is 82.8 Å². The van der Waals surface area contributed by atoms with E-state index in [0.29, 0.717) is 24.8 Å². The molecule has 0 radical (unpaired) electrons. The summed E-state index contributed by atoms with van der Waals surface area (Å²) in [6.07, 6.45) is 0. The minimum Gasteiger partial charge on any atom is -0.495 e. The Morgan fingerprint density at radius 3 is 2.49 bits per heavy atom. The lowest BCUT2D eigenvalue weighted by molar-refractivity contribution is -0.128. The van der Waals surface area contributed by atoms with Crippen LogP contribution in [0.1, 0.15) is 5.56 Å². The highest BCUT2D eigenvalue weighted by atomic mass is 79.9. The number of thioether (sulfide) groups is 1. The van der Waals surface area contributed by atoms with Gasteiger partial charge in [0.05, 0.1) is 24.1 Å². The van der Waals surface area contributed by atoms with Crippen LogP contribution in [0.5, 0.6) is 5.75 Å². The number of carbonyl (C=O) groups excluding carboxylic acids is 1. The lowest BCUT2D eigenvalue weighted by atomic mass is 10.2. The molecule has 0 aliphatic carbocycles. The minimum atomic E-state index is 0.0822. The zero-order valence-corrected chi connectivity index (χ0v) is 23.9. The van der Waals surface area contributed by atoms with Crippen molar-refractivity contribution in [1.29, 1.82) is 0 Å². The number of piperazine rings is 1. The summed E-state index contributed by atoms with van der Waals surface area (Å²) in [6.45, 7) is 3.51. The van der Waals surface area contributed by atoms with Gasteiger partial charge < -0.3 is 19.1 Å². The molecule has 0 bridgehead atoms. The number of para-hydroxylation sites is 3. The number of methoxy groups -OCH3 is 1. The fourth-order valence-corrected chi connectivity index (χ4v) is 5.94. The molecule has 3 heterocycles. The summed E-state index contributed by atoms with van der Waals surface area (Å²) >= 11 is 4.85. The Hall–Kier alpha value is -3.63. The number of benzene rings is 3. The van der Waals surface area contributed by atoms with E-state index in [2.05, 4.69) is 59.9 Å². The van der Waals surface area contributed by atoms with Crippen LogP contribution in [0.3, 0.4) is 0 Å². The number of anilines is 1. The van der Waals surface area contributed by atoms with Gasteiger partial charge in [0.2, 0.25) is 11.1 Å². The van der Waals surface area contributed by atoms with E-state index in [9.17, 15) is 4.79 Å². The maximum absolute atomic E-state index is 13.1. The maximum Gasteiger partial charge on any atom is 0.233 e. The molecule has 1 aliphatic heterocycles. The first-order valence-corrected chi connectivity index (χ1v) is 14.5. The second-order valence-corrected chi connectivity index (χ2v) is 11.2. The number of ether oxygens (including phenoxy) is 1. The Bertz CT molecular complexity index is 1630. The van der Waals surface area contributed by atoms with E-state index in [4.69, 9.17) is 9.72 Å². The summed E-state index contributed by atoms with van der Waals surface area (Å²) in [5.41, 5.74) is 4.83. The number of amides is 1. The zero-order valence-electron chi connectivity index (χ0n) is 21.5. The molecule has 1 fully saturated rings. The van der Waals surface area contributed by atoms with E-state index < -0.39 is 0 Å². The van der Waals surface area contributed by atoms with Crippen molar-refractivity contribution >= 4 is 61.4 Å². The van der Waals surface area contributed by atoms with E-state index in [1.165, 1.54) is 11.8 Å². The van der Waals surface area contributed by atoms with Gasteiger partial charge in [0, 0.05) is 42.6 Å². The molecule has 1 aliphatic rings. The van der Waals surface area contributed by atoms with Crippen LogP contribution in [-0.2, 0) is 11.3 Å². The SMILES string of the molecule is COc1ccccc1N1CCN(C(=O)CSc2nnc3c4ccccc4n(Cc4ccc(Br)cc4)c3n2)CC1. The first kappa shape index (κ1) is 25.6. The van der Waals surface area contributed by atoms with Crippen LogP contribution in [0.2, 0.25) is 0 Å². The van der Waals surface area contributed by atoms with E-state index in [0.717, 1.165) is 56.6 Å². The summed E-state index contributed by atoms with van der Waals surface area (Å²) in [4.78, 5) is 22.1. The van der Waals surface area contributed by atoms with Gasteiger partial charge in [-0.25, -0.2) is 4.98 Å². The van der Waals surface area contributed by atoms with Crippen LogP contribution in [0, 0.1) is 0 Å². The summed E-state index contributed by atoms with van der Waals surface area (Å²) < 4.78 is 8.72. The van der Waals surface area contributed by atoms with Crippen LogP contribution in [-0.4, -0.2) is 69.6 Å². The molecular weight excluding hydrogens is 576 g/mol. The maximum atomic E-state index is 13.1. The number of nitrogens with zero attached hydrogens (tertiary/aromatic N) is 6. The third kappa shape index (κ3) is 5.31. The Balaban J connectivity index is 1.16. The molecule has 0 spiro atoms. The molecule has 3 aromatic carbocycles. The quantitative estimate of drug-likeness (QED) is 0.236. The molecule has 6 rings (SSSR count). The average Bonchev–Trinajstić information content (AvgIpc) is 3.29. The molecule has 0 saturated carbocycles. The minimum absolute atomic E-state index is 0.0822. The van der Waals surface area contributed by atoms with E-state index in [-0.39, 0.29) is 11.7 Å². The van der Waals surface area contributed by atoms with Crippen LogP contribution in [0.4, 0.5) is 5.69 Å². The molecule has 5 aromatic rings. The highest BCUT2D eigenvalue weighted by molar-refractivity contribution is 9.10. The van der Waals surface area contributed by atoms with E-state index >= 15 is 0 Å². The molecule has 2 aromatic heterocycles. The molecule has 8 nitrogen and oxygen atoms in total. The van der Waals surface area contributed by atoms with Gasteiger partial charge in [-0.1, -0.05) is 70.2 Å². The predicted molar refractivity (Wildman–Crippen MR) is 159 cm³/mol. The summed E-state index contributed by atoms with van der Waals surface area (Å²) in [5, 5.41) is 10.4. The van der Waals surface area contributed by atoms with Crippen LogP contribution < -0.4 is 9.64 Å². The molecule has 39 heavy (non-hydrogen) atoms. The highest BCUT2D eigenvalue weighted by Gasteiger charge is 2.23. The molecule has 0 atom stereocenters. The molecular formula is C29H27BrN6O2S. The number of aromatic nitrogens is 4. The van der Waals surface area contributed by atoms with E-state index in [1.54, 1.807) is 7.11 Å². The van der Waals surface area contributed by atoms with Crippen molar-refractivity contribution in [3.63, 3.8) is 0 Å². The Morgan fingerprint density at radius 1 is 0.949 bits per heavy atom. The van der Waals surface area contributed by atoms with Crippen molar-refractivity contribution < 1.29 is 9.53 Å². The van der Waals surface area contributed by atoms with Gasteiger partial charge in [-0.15, -0.1) is 10.2 Å². The fraction of sp³-hybridized carbons (Fsp3) is 0.241. The zero-order chi connectivity index (χ0) is 26.8. The van der Waals surface area contributed by atoms with Crippen LogP contribution in [0.25, 0.3) is 22.1 Å². The molecule has 0 N–H and O–H groups in total. The number of hydrogen-bond acceptors (Lipinski definition) is 7. The summed E-state index contributed by atoms with van der Waals surface area (Å²) in [7, 11) is 1.68. The lowest BCUT2D eigenvalue weighted by Gasteiger charge is -2.36. The largest absolute Gasteiger partial charge is 0.495 e. The number of fused-ring (bicyclic) bond motifs is 3. The third-order valence-corrected chi connectivity index (χ3v) is 8.34. The Morgan fingerprint density at radius 2 is 1.69 bits per heavy atom. The van der Waals surface area contributed by atoms with Gasteiger partial charge in [0.25, 0.3) is 0 Å². The van der Waals surface area contributed by atoms with Crippen LogP contribution in [0.15, 0.2) is 82.4 Å². The van der Waals surface area contributed by atoms with Crippen LogP contribution >= 0.6 is 27.7 Å². The van der Waals surface area contributed by atoms with Crippen molar-refractivity contribution in [2.24, 2.45) is 0 Å². The van der Waals surface area contributed by atoms with Crippen molar-refractivity contribution in [2.75, 3.05) is 43.9 Å². The van der Waals surface area contributed by atoms with Gasteiger partial charge in [0.15, 0.2) is 5.65 Å². The molecule has 198 valence electrons. The van der Waals surface area contributed by atoms with E-state index in [1.807, 2.05) is 53.4 Å². The number of hydrogen-bond donors (Lipinski definition) is 0. The summed E-state index contributed by atoms with van der Waals surface area (Å²) in [6, 6.07) is 24.4. The predicted octanol–water partition coefficient (Wildman–Crippen LogP) is 5.24. The Labute approximate surface area is 239 Å². The second-order valence-electron chi connectivity index (χ2n) is 9.32. The number of rotatable bonds is 7. The molecule has 10 heteroatoms. The Kier molecular flexibility index (Phi) is 7.38. The molecule has 0 unspecified atom stereocenters. The van der Waals surface area contributed by atoms with Gasteiger partial charge >= 0.3 is 0 Å². The number of carbonyl (C=O) groups is 1. The smallest absolute Gasteiger partial charge is 0.233 e. The lowest BCUT2D eigenvalue weighted by Crippen LogP contribution is -2.49. The topological polar surface area (TPSA) is 76.4 Å². The third-order valence-electron chi connectivity index (χ3n) is 6.99. The molecule has 1 amide bonds. The van der Waals surface area contributed by atoms with Crippen molar-refractivity contribution in [2.45, 2.75) is 11.7 Å². The van der Waals surface area contributed by atoms with Crippen molar-refractivity contribution in [3.8, 4) is 5.75 Å². The second kappa shape index (κ2) is 11.2. The number of halogens is 1. The molecule has 1 saturated heterocycles. The average molecular weight is 604 g/mol. The first-order valence-electron chi connectivity index (χ1n) is 12.8. The van der Waals surface area contributed by atoms with Crippen molar-refractivity contribution in [1.82, 2.24) is 24.6 Å². The fourth-order valence-electron chi connectivity index (χ4n) is 4.99. The normalized spacial score (nSPS) is 13.8. The first-order chi connectivity index (χ1) is 19.1. The van der Waals surface area contributed by atoms with Gasteiger partial charge in [-0.2, -0.15) is 0 Å². The summed E-state index contributed by atoms with van der Waals surface area (Å²) in [5.74, 6) is 1.21. The van der Waals surface area contributed by atoms with Gasteiger partial charge in [-0.3, -0.25) is 4.79 Å².